The molecule has 0 spiro atoms. The van der Waals surface area contributed by atoms with Gasteiger partial charge in [0.25, 0.3) is 5.91 Å². The van der Waals surface area contributed by atoms with Crippen LogP contribution >= 0.6 is 11.3 Å². The molecule has 1 aromatic heterocycles. The van der Waals surface area contributed by atoms with Gasteiger partial charge in [-0.05, 0) is 53.3 Å². The van der Waals surface area contributed by atoms with E-state index in [0.717, 1.165) is 29.0 Å². The number of amides is 1. The van der Waals surface area contributed by atoms with E-state index in [-0.39, 0.29) is 17.7 Å². The summed E-state index contributed by atoms with van der Waals surface area (Å²) in [6.07, 6.45) is -3.86. The van der Waals surface area contributed by atoms with Crippen molar-refractivity contribution in [2.24, 2.45) is 0 Å². The van der Waals surface area contributed by atoms with Gasteiger partial charge in [-0.15, -0.1) is 24.5 Å². The number of benzene rings is 2. The van der Waals surface area contributed by atoms with Gasteiger partial charge in [0.15, 0.2) is 0 Å². The van der Waals surface area contributed by atoms with E-state index in [0.29, 0.717) is 18.7 Å². The van der Waals surface area contributed by atoms with E-state index in [9.17, 15) is 18.0 Å². The standard InChI is InChI=1S/C23H21F3N2O2S/c24-23(25,26)30-20-9-3-16(4-10-20)14-28-12-11-19(15-28)27-22(29)18-7-5-17(6-8-18)21-2-1-13-31-21/h1-10,13,19H,11-12,14-15H2,(H,27,29)/t19-/m0/s1. The molecule has 4 nitrogen and oxygen atoms in total. The van der Waals surface area contributed by atoms with Gasteiger partial charge in [0.2, 0.25) is 0 Å². The largest absolute Gasteiger partial charge is 0.573 e. The van der Waals surface area contributed by atoms with Crippen molar-refractivity contribution in [1.29, 1.82) is 0 Å². The molecule has 1 aliphatic rings. The zero-order chi connectivity index (χ0) is 21.8. The number of ether oxygens (including phenoxy) is 1. The molecule has 1 atom stereocenters. The van der Waals surface area contributed by atoms with Crippen molar-refractivity contribution >= 4 is 17.2 Å². The molecule has 1 N–H and O–H groups in total. The number of carbonyl (C=O) groups is 1. The highest BCUT2D eigenvalue weighted by Crippen LogP contribution is 2.25. The van der Waals surface area contributed by atoms with Crippen LogP contribution in [0.1, 0.15) is 22.3 Å². The first-order chi connectivity index (χ1) is 14.9. The van der Waals surface area contributed by atoms with E-state index in [2.05, 4.69) is 15.0 Å². The Labute approximate surface area is 182 Å². The van der Waals surface area contributed by atoms with Gasteiger partial charge in [-0.25, -0.2) is 0 Å². The minimum atomic E-state index is -4.69. The Morgan fingerprint density at radius 2 is 1.84 bits per heavy atom. The Hall–Kier alpha value is -2.84. The van der Waals surface area contributed by atoms with Crippen LogP contribution in [-0.2, 0) is 6.54 Å². The monoisotopic (exact) mass is 446 g/mol. The molecule has 0 unspecified atom stereocenters. The van der Waals surface area contributed by atoms with Crippen LogP contribution in [0.4, 0.5) is 13.2 Å². The number of hydrogen-bond donors (Lipinski definition) is 1. The number of likely N-dealkylation sites (tertiary alicyclic amines) is 1. The minimum absolute atomic E-state index is 0.0392. The number of halogens is 3. The summed E-state index contributed by atoms with van der Waals surface area (Å²) < 4.78 is 40.7. The lowest BCUT2D eigenvalue weighted by atomic mass is 10.1. The third-order valence-corrected chi connectivity index (χ3v) is 6.04. The van der Waals surface area contributed by atoms with Crippen LogP contribution < -0.4 is 10.1 Å². The van der Waals surface area contributed by atoms with Crippen molar-refractivity contribution in [3.05, 3.63) is 77.2 Å². The maximum absolute atomic E-state index is 12.6. The number of carbonyl (C=O) groups excluding carboxylic acids is 1. The molecule has 2 heterocycles. The lowest BCUT2D eigenvalue weighted by Gasteiger charge is -2.17. The average molecular weight is 446 g/mol. The maximum atomic E-state index is 12.6. The first-order valence-electron chi connectivity index (χ1n) is 9.87. The fourth-order valence-electron chi connectivity index (χ4n) is 3.65. The first-order valence-corrected chi connectivity index (χ1v) is 10.8. The van der Waals surface area contributed by atoms with E-state index in [1.54, 1.807) is 23.5 Å². The van der Waals surface area contributed by atoms with Crippen molar-refractivity contribution in [3.8, 4) is 16.2 Å². The summed E-state index contributed by atoms with van der Waals surface area (Å²) >= 11 is 1.66. The molecule has 4 rings (SSSR count). The second kappa shape index (κ2) is 9.11. The number of nitrogens with one attached hydrogen (secondary N) is 1. The van der Waals surface area contributed by atoms with Gasteiger partial charge in [-0.1, -0.05) is 30.3 Å². The third-order valence-electron chi connectivity index (χ3n) is 5.12. The quantitative estimate of drug-likeness (QED) is 0.557. The summed E-state index contributed by atoms with van der Waals surface area (Å²) in [4.78, 5) is 15.9. The van der Waals surface area contributed by atoms with Gasteiger partial charge in [-0.2, -0.15) is 0 Å². The molecule has 31 heavy (non-hydrogen) atoms. The number of rotatable bonds is 6. The molecule has 0 aliphatic carbocycles. The summed E-state index contributed by atoms with van der Waals surface area (Å²) in [5, 5.41) is 5.10. The molecule has 3 aromatic rings. The van der Waals surface area contributed by atoms with Crippen molar-refractivity contribution in [2.45, 2.75) is 25.4 Å². The Morgan fingerprint density at radius 1 is 1.10 bits per heavy atom. The highest BCUT2D eigenvalue weighted by molar-refractivity contribution is 7.13. The van der Waals surface area contributed by atoms with Crippen LogP contribution in [0.3, 0.4) is 0 Å². The molecular weight excluding hydrogens is 425 g/mol. The molecule has 1 fully saturated rings. The summed E-state index contributed by atoms with van der Waals surface area (Å²) in [5.74, 6) is -0.328. The average Bonchev–Trinajstić information content (AvgIpc) is 3.41. The van der Waals surface area contributed by atoms with Crippen LogP contribution in [0.25, 0.3) is 10.4 Å². The smallest absolute Gasteiger partial charge is 0.406 e. The predicted molar refractivity (Wildman–Crippen MR) is 114 cm³/mol. The zero-order valence-corrected chi connectivity index (χ0v) is 17.4. The Bertz CT molecular complexity index is 1000. The van der Waals surface area contributed by atoms with Crippen LogP contribution in [0.2, 0.25) is 0 Å². The normalized spacial score (nSPS) is 16.9. The Morgan fingerprint density at radius 3 is 2.48 bits per heavy atom. The van der Waals surface area contributed by atoms with Crippen LogP contribution in [0.15, 0.2) is 66.0 Å². The van der Waals surface area contributed by atoms with Gasteiger partial charge in [0, 0.05) is 36.1 Å². The lowest BCUT2D eigenvalue weighted by molar-refractivity contribution is -0.274. The van der Waals surface area contributed by atoms with Gasteiger partial charge in [-0.3, -0.25) is 9.69 Å². The van der Waals surface area contributed by atoms with Crippen LogP contribution in [-0.4, -0.2) is 36.3 Å². The SMILES string of the molecule is O=C(N[C@H]1CCN(Cc2ccc(OC(F)(F)F)cc2)C1)c1ccc(-c2cccs2)cc1. The number of alkyl halides is 3. The highest BCUT2D eigenvalue weighted by Gasteiger charge is 2.31. The molecule has 2 aromatic carbocycles. The topological polar surface area (TPSA) is 41.6 Å². The Balaban J connectivity index is 1.27. The van der Waals surface area contributed by atoms with Crippen molar-refractivity contribution < 1.29 is 22.7 Å². The van der Waals surface area contributed by atoms with Gasteiger partial charge in [0.1, 0.15) is 5.75 Å². The van der Waals surface area contributed by atoms with Gasteiger partial charge in [0.05, 0.1) is 0 Å². The molecule has 1 amide bonds. The molecule has 1 saturated heterocycles. The molecule has 162 valence electrons. The van der Waals surface area contributed by atoms with Gasteiger partial charge < -0.3 is 10.1 Å². The Kier molecular flexibility index (Phi) is 6.29. The lowest BCUT2D eigenvalue weighted by Crippen LogP contribution is -2.36. The summed E-state index contributed by atoms with van der Waals surface area (Å²) in [6.45, 7) is 2.11. The summed E-state index contributed by atoms with van der Waals surface area (Å²) in [6, 6.07) is 17.5. The van der Waals surface area contributed by atoms with E-state index in [1.165, 1.54) is 12.1 Å². The highest BCUT2D eigenvalue weighted by atomic mass is 32.1. The molecule has 8 heteroatoms. The number of thiophene rings is 1. The first kappa shape index (κ1) is 21.4. The molecule has 0 saturated carbocycles. The maximum Gasteiger partial charge on any atom is 0.573 e. The third kappa shape index (κ3) is 5.86. The molecule has 0 radical (unpaired) electrons. The number of nitrogens with zero attached hydrogens (tertiary/aromatic N) is 1. The van der Waals surface area contributed by atoms with E-state index in [4.69, 9.17) is 0 Å². The summed E-state index contributed by atoms with van der Waals surface area (Å²) in [7, 11) is 0. The molecule has 0 bridgehead atoms. The van der Waals surface area contributed by atoms with E-state index >= 15 is 0 Å². The number of hydrogen-bond acceptors (Lipinski definition) is 4. The van der Waals surface area contributed by atoms with E-state index in [1.807, 2.05) is 41.8 Å². The fourth-order valence-corrected chi connectivity index (χ4v) is 4.38. The molecular formula is C23H21F3N2O2S. The minimum Gasteiger partial charge on any atom is -0.406 e. The second-order valence-electron chi connectivity index (χ2n) is 7.44. The van der Waals surface area contributed by atoms with Crippen molar-refractivity contribution in [1.82, 2.24) is 10.2 Å². The second-order valence-corrected chi connectivity index (χ2v) is 8.39. The fraction of sp³-hybridized carbons (Fsp3) is 0.261. The van der Waals surface area contributed by atoms with Crippen molar-refractivity contribution in [2.75, 3.05) is 13.1 Å². The zero-order valence-electron chi connectivity index (χ0n) is 16.6. The van der Waals surface area contributed by atoms with Crippen LogP contribution in [0, 0.1) is 0 Å². The van der Waals surface area contributed by atoms with Gasteiger partial charge >= 0.3 is 6.36 Å². The van der Waals surface area contributed by atoms with E-state index < -0.39 is 6.36 Å². The van der Waals surface area contributed by atoms with Crippen molar-refractivity contribution in [3.63, 3.8) is 0 Å². The predicted octanol–water partition coefficient (Wildman–Crippen LogP) is 5.32. The summed E-state index contributed by atoms with van der Waals surface area (Å²) in [5.41, 5.74) is 2.61. The molecule has 1 aliphatic heterocycles. The van der Waals surface area contributed by atoms with Crippen LogP contribution in [0.5, 0.6) is 5.75 Å².